The molecule has 35 heavy (non-hydrogen) atoms. The number of benzene rings is 2. The van der Waals surface area contributed by atoms with Gasteiger partial charge in [-0.1, -0.05) is 47.7 Å². The van der Waals surface area contributed by atoms with Crippen molar-refractivity contribution in [3.8, 4) is 5.69 Å². The Morgan fingerprint density at radius 1 is 0.914 bits per heavy atom. The predicted octanol–water partition coefficient (Wildman–Crippen LogP) is 3.95. The van der Waals surface area contributed by atoms with Crippen LogP contribution in [-0.2, 0) is 5.75 Å². The van der Waals surface area contributed by atoms with Gasteiger partial charge in [0.1, 0.15) is 5.65 Å². The van der Waals surface area contributed by atoms with Gasteiger partial charge in [0.15, 0.2) is 5.16 Å². The molecular formula is C26H20N6O2S. The summed E-state index contributed by atoms with van der Waals surface area (Å²) >= 11 is 1.42. The molecule has 6 aromatic rings. The van der Waals surface area contributed by atoms with Gasteiger partial charge in [-0.2, -0.15) is 0 Å². The fourth-order valence-electron chi connectivity index (χ4n) is 4.36. The molecule has 4 heterocycles. The zero-order valence-corrected chi connectivity index (χ0v) is 19.9. The Bertz CT molecular complexity index is 1890. The smallest absolute Gasteiger partial charge is 0.267 e. The van der Waals surface area contributed by atoms with E-state index in [0.717, 1.165) is 22.3 Å². The van der Waals surface area contributed by atoms with Gasteiger partial charge in [0.05, 0.1) is 22.3 Å². The van der Waals surface area contributed by atoms with Crippen LogP contribution in [0.4, 0.5) is 0 Å². The highest BCUT2D eigenvalue weighted by molar-refractivity contribution is 7.98. The Morgan fingerprint density at radius 3 is 2.60 bits per heavy atom. The number of aryl methyl sites for hydroxylation is 2. The molecule has 172 valence electrons. The quantitative estimate of drug-likeness (QED) is 0.355. The molecule has 0 bridgehead atoms. The van der Waals surface area contributed by atoms with Crippen molar-refractivity contribution in [2.24, 2.45) is 0 Å². The molecule has 0 saturated heterocycles. The van der Waals surface area contributed by atoms with E-state index >= 15 is 0 Å². The van der Waals surface area contributed by atoms with Crippen LogP contribution in [0.15, 0.2) is 87.7 Å². The van der Waals surface area contributed by atoms with E-state index in [9.17, 15) is 9.59 Å². The topological polar surface area (TPSA) is 86.6 Å². The maximum absolute atomic E-state index is 13.6. The summed E-state index contributed by atoms with van der Waals surface area (Å²) < 4.78 is 5.03. The Kier molecular flexibility index (Phi) is 5.00. The van der Waals surface area contributed by atoms with Gasteiger partial charge in [0.25, 0.3) is 11.1 Å². The zero-order valence-electron chi connectivity index (χ0n) is 19.0. The molecule has 0 aliphatic carbocycles. The minimum Gasteiger partial charge on any atom is -0.269 e. The Balaban J connectivity index is 1.51. The number of hydrogen-bond donors (Lipinski definition) is 0. The molecule has 0 aliphatic heterocycles. The summed E-state index contributed by atoms with van der Waals surface area (Å²) in [7, 11) is 0. The molecule has 0 atom stereocenters. The molecule has 8 nitrogen and oxygen atoms in total. The summed E-state index contributed by atoms with van der Waals surface area (Å²) in [5, 5.41) is 10.0. The molecule has 9 heteroatoms. The summed E-state index contributed by atoms with van der Waals surface area (Å²) in [5.41, 5.74) is 4.55. The lowest BCUT2D eigenvalue weighted by Crippen LogP contribution is -2.22. The molecule has 0 spiro atoms. The lowest BCUT2D eigenvalue weighted by molar-refractivity contribution is 0.926. The summed E-state index contributed by atoms with van der Waals surface area (Å²) in [4.78, 5) is 30.7. The van der Waals surface area contributed by atoms with Gasteiger partial charge in [-0.25, -0.2) is 9.55 Å². The summed E-state index contributed by atoms with van der Waals surface area (Å²) in [6, 6.07) is 20.4. The molecular weight excluding hydrogens is 460 g/mol. The van der Waals surface area contributed by atoms with E-state index in [-0.39, 0.29) is 11.1 Å². The normalized spacial score (nSPS) is 11.6. The maximum atomic E-state index is 13.6. The summed E-state index contributed by atoms with van der Waals surface area (Å²) in [5.74, 6) is 0.869. The number of nitrogens with zero attached hydrogens (tertiary/aromatic N) is 6. The third-order valence-corrected chi connectivity index (χ3v) is 6.92. The first-order valence-electron chi connectivity index (χ1n) is 11.1. The van der Waals surface area contributed by atoms with Crippen LogP contribution in [0.5, 0.6) is 0 Å². The number of fused-ring (bicyclic) bond motifs is 4. The number of aromatic nitrogens is 6. The standard InChI is InChI=1S/C26H20N6O2S/c1-16-10-11-20(17(2)13-16)31-24(34)19-7-3-4-8-21(19)32-25(31)28-29-26(32)35-15-18-14-23(33)30-12-6-5-9-22(30)27-18/h3-14H,15H2,1-2H3. The van der Waals surface area contributed by atoms with Gasteiger partial charge in [-0.15, -0.1) is 10.2 Å². The van der Waals surface area contributed by atoms with Crippen LogP contribution in [-0.4, -0.2) is 28.5 Å². The van der Waals surface area contributed by atoms with Crippen LogP contribution in [0.25, 0.3) is 28.0 Å². The maximum Gasteiger partial charge on any atom is 0.267 e. The SMILES string of the molecule is Cc1ccc(-n2c(=O)c3ccccc3n3c(SCc4cc(=O)n5ccccc5n4)nnc23)c(C)c1. The van der Waals surface area contributed by atoms with Crippen LogP contribution in [0.3, 0.4) is 0 Å². The molecule has 2 aromatic carbocycles. The van der Waals surface area contributed by atoms with Crippen LogP contribution in [0.1, 0.15) is 16.8 Å². The third kappa shape index (κ3) is 3.52. The van der Waals surface area contributed by atoms with Gasteiger partial charge < -0.3 is 0 Å². The molecule has 6 rings (SSSR count). The Hall–Kier alpha value is -4.24. The van der Waals surface area contributed by atoms with E-state index in [0.29, 0.717) is 33.4 Å². The largest absolute Gasteiger partial charge is 0.269 e. The van der Waals surface area contributed by atoms with Crippen molar-refractivity contribution in [3.05, 3.63) is 110 Å². The lowest BCUT2D eigenvalue weighted by Gasteiger charge is -2.13. The van der Waals surface area contributed by atoms with Crippen molar-refractivity contribution in [2.45, 2.75) is 24.8 Å². The van der Waals surface area contributed by atoms with Crippen molar-refractivity contribution in [1.29, 1.82) is 0 Å². The Labute approximate surface area is 203 Å². The molecule has 0 radical (unpaired) electrons. The fourth-order valence-corrected chi connectivity index (χ4v) is 5.19. The van der Waals surface area contributed by atoms with Crippen LogP contribution in [0, 0.1) is 13.8 Å². The number of hydrogen-bond acceptors (Lipinski definition) is 6. The van der Waals surface area contributed by atoms with E-state index < -0.39 is 0 Å². The van der Waals surface area contributed by atoms with Crippen molar-refractivity contribution < 1.29 is 0 Å². The van der Waals surface area contributed by atoms with Gasteiger partial charge in [-0.3, -0.25) is 18.4 Å². The molecule has 4 aromatic heterocycles. The van der Waals surface area contributed by atoms with E-state index in [2.05, 4.69) is 15.2 Å². The van der Waals surface area contributed by atoms with Gasteiger partial charge in [-0.05, 0) is 49.7 Å². The first kappa shape index (κ1) is 21.3. The number of thioether (sulfide) groups is 1. The van der Waals surface area contributed by atoms with Crippen molar-refractivity contribution in [3.63, 3.8) is 0 Å². The minimum absolute atomic E-state index is 0.133. The third-order valence-electron chi connectivity index (χ3n) is 5.96. The molecule has 0 saturated carbocycles. The van der Waals surface area contributed by atoms with Gasteiger partial charge in [0, 0.05) is 18.0 Å². The first-order valence-corrected chi connectivity index (χ1v) is 12.1. The first-order chi connectivity index (χ1) is 17.0. The highest BCUT2D eigenvalue weighted by atomic mass is 32.2. The van der Waals surface area contributed by atoms with Gasteiger partial charge in [0.2, 0.25) is 5.78 Å². The molecule has 0 aliphatic rings. The fraction of sp³-hybridized carbons (Fsp3) is 0.115. The summed E-state index contributed by atoms with van der Waals surface area (Å²) in [6.45, 7) is 4.00. The van der Waals surface area contributed by atoms with Crippen LogP contribution in [0.2, 0.25) is 0 Å². The second kappa shape index (κ2) is 8.21. The van der Waals surface area contributed by atoms with E-state index in [1.165, 1.54) is 22.2 Å². The zero-order chi connectivity index (χ0) is 24.1. The van der Waals surface area contributed by atoms with Crippen molar-refractivity contribution >= 4 is 34.1 Å². The summed E-state index contributed by atoms with van der Waals surface area (Å²) in [6.07, 6.45) is 1.70. The van der Waals surface area contributed by atoms with E-state index in [4.69, 9.17) is 0 Å². The van der Waals surface area contributed by atoms with Crippen molar-refractivity contribution in [2.75, 3.05) is 0 Å². The average molecular weight is 481 g/mol. The second-order valence-electron chi connectivity index (χ2n) is 8.37. The number of pyridine rings is 1. The Morgan fingerprint density at radius 2 is 1.74 bits per heavy atom. The van der Waals surface area contributed by atoms with E-state index in [1.807, 2.05) is 66.8 Å². The molecule has 0 amide bonds. The monoisotopic (exact) mass is 480 g/mol. The highest BCUT2D eigenvalue weighted by Crippen LogP contribution is 2.26. The number of para-hydroxylation sites is 1. The van der Waals surface area contributed by atoms with E-state index in [1.54, 1.807) is 22.9 Å². The van der Waals surface area contributed by atoms with Crippen LogP contribution < -0.4 is 11.1 Å². The van der Waals surface area contributed by atoms with Crippen LogP contribution >= 0.6 is 11.8 Å². The number of rotatable bonds is 4. The average Bonchev–Trinajstić information content (AvgIpc) is 3.28. The van der Waals surface area contributed by atoms with Crippen molar-refractivity contribution in [1.82, 2.24) is 28.5 Å². The second-order valence-corrected chi connectivity index (χ2v) is 9.31. The highest BCUT2D eigenvalue weighted by Gasteiger charge is 2.19. The molecule has 0 N–H and O–H groups in total. The molecule has 0 fully saturated rings. The lowest BCUT2D eigenvalue weighted by atomic mass is 10.1. The predicted molar refractivity (Wildman–Crippen MR) is 137 cm³/mol. The molecule has 0 unspecified atom stereocenters. The minimum atomic E-state index is -0.145. The van der Waals surface area contributed by atoms with Gasteiger partial charge >= 0.3 is 0 Å².